The second-order valence-electron chi connectivity index (χ2n) is 8.24. The number of benzene rings is 1. The number of nitrogens with zero attached hydrogens (tertiary/aromatic N) is 3. The van der Waals surface area contributed by atoms with Gasteiger partial charge in [-0.3, -0.25) is 39.1 Å². The molecule has 33 heavy (non-hydrogen) atoms. The van der Waals surface area contributed by atoms with E-state index in [4.69, 9.17) is 0 Å². The van der Waals surface area contributed by atoms with Crippen molar-refractivity contribution in [2.75, 3.05) is 32.7 Å². The fourth-order valence-corrected chi connectivity index (χ4v) is 4.37. The number of imide groups is 2. The average Bonchev–Trinajstić information content (AvgIpc) is 2.88. The van der Waals surface area contributed by atoms with E-state index in [-0.39, 0.29) is 55.7 Å². The fraction of sp³-hybridized carbons (Fsp3) is 0.476. The van der Waals surface area contributed by atoms with E-state index in [9.17, 15) is 37.1 Å². The highest BCUT2D eigenvalue weighted by molar-refractivity contribution is 6.24. The van der Waals surface area contributed by atoms with Gasteiger partial charge < -0.3 is 4.90 Å². The molecule has 4 rings (SSSR count). The summed E-state index contributed by atoms with van der Waals surface area (Å²) in [6.07, 6.45) is -3.94. The summed E-state index contributed by atoms with van der Waals surface area (Å²) >= 11 is 0. The van der Waals surface area contributed by atoms with Gasteiger partial charge in [0.25, 0.3) is 17.7 Å². The van der Waals surface area contributed by atoms with E-state index in [0.717, 1.165) is 4.90 Å². The van der Waals surface area contributed by atoms with Crippen LogP contribution < -0.4 is 5.32 Å². The van der Waals surface area contributed by atoms with Crippen molar-refractivity contribution in [3.63, 3.8) is 0 Å². The number of halogens is 3. The highest BCUT2D eigenvalue weighted by Gasteiger charge is 2.45. The smallest absolute Gasteiger partial charge is 0.337 e. The van der Waals surface area contributed by atoms with Gasteiger partial charge in [-0.05, 0) is 31.0 Å². The minimum absolute atomic E-state index is 0.00609. The van der Waals surface area contributed by atoms with Crippen molar-refractivity contribution in [2.45, 2.75) is 31.5 Å². The first-order chi connectivity index (χ1) is 15.5. The Labute approximate surface area is 186 Å². The number of piperidine rings is 1. The average molecular weight is 466 g/mol. The van der Waals surface area contributed by atoms with Gasteiger partial charge in [0.15, 0.2) is 0 Å². The second-order valence-corrected chi connectivity index (χ2v) is 8.24. The van der Waals surface area contributed by atoms with Gasteiger partial charge in [-0.2, -0.15) is 13.2 Å². The molecule has 2 fully saturated rings. The molecule has 1 unspecified atom stereocenters. The van der Waals surface area contributed by atoms with Crippen LogP contribution in [0.3, 0.4) is 0 Å². The lowest BCUT2D eigenvalue weighted by molar-refractivity contribution is -0.145. The molecular formula is C21H21F3N4O5. The second kappa shape index (κ2) is 8.58. The molecule has 1 aromatic rings. The maximum absolute atomic E-state index is 13.0. The van der Waals surface area contributed by atoms with E-state index < -0.39 is 48.3 Å². The third-order valence-electron chi connectivity index (χ3n) is 5.97. The van der Waals surface area contributed by atoms with Crippen molar-refractivity contribution in [1.82, 2.24) is 20.0 Å². The number of nitrogens with one attached hydrogen (secondary N) is 1. The SMILES string of the molecule is O=C1CCC(N2C(=O)c3ccc(C(=O)N4CCCN(CC(F)(F)F)CC4)cc3C2=O)C(=O)N1. The first kappa shape index (κ1) is 22.9. The van der Waals surface area contributed by atoms with Crippen LogP contribution in [0.4, 0.5) is 13.2 Å². The van der Waals surface area contributed by atoms with Crippen molar-refractivity contribution >= 4 is 29.5 Å². The van der Waals surface area contributed by atoms with Gasteiger partial charge in [0, 0.05) is 38.2 Å². The number of rotatable bonds is 3. The monoisotopic (exact) mass is 466 g/mol. The molecule has 2 saturated heterocycles. The zero-order valence-corrected chi connectivity index (χ0v) is 17.5. The molecule has 1 N–H and O–H groups in total. The van der Waals surface area contributed by atoms with Crippen LogP contribution >= 0.6 is 0 Å². The summed E-state index contributed by atoms with van der Waals surface area (Å²) in [6, 6.07) is 2.89. The Kier molecular flexibility index (Phi) is 5.95. The van der Waals surface area contributed by atoms with Gasteiger partial charge in [0.1, 0.15) is 6.04 Å². The molecule has 3 aliphatic rings. The predicted octanol–water partition coefficient (Wildman–Crippen LogP) is 0.798. The molecule has 0 saturated carbocycles. The molecule has 176 valence electrons. The van der Waals surface area contributed by atoms with Gasteiger partial charge in [-0.15, -0.1) is 0 Å². The maximum Gasteiger partial charge on any atom is 0.401 e. The van der Waals surface area contributed by atoms with Crippen LogP contribution in [0.1, 0.15) is 50.3 Å². The van der Waals surface area contributed by atoms with Gasteiger partial charge in [0.2, 0.25) is 11.8 Å². The topological polar surface area (TPSA) is 107 Å². The number of hydrogen-bond donors (Lipinski definition) is 1. The molecule has 3 aliphatic heterocycles. The number of amides is 5. The van der Waals surface area contributed by atoms with Crippen LogP contribution in [-0.4, -0.2) is 89.2 Å². The predicted molar refractivity (Wildman–Crippen MR) is 106 cm³/mol. The highest BCUT2D eigenvalue weighted by Crippen LogP contribution is 2.29. The van der Waals surface area contributed by atoms with E-state index in [1.807, 2.05) is 0 Å². The molecule has 12 heteroatoms. The molecular weight excluding hydrogens is 445 g/mol. The molecule has 1 atom stereocenters. The van der Waals surface area contributed by atoms with Gasteiger partial charge in [-0.25, -0.2) is 0 Å². The molecule has 3 heterocycles. The van der Waals surface area contributed by atoms with Crippen LogP contribution in [0.25, 0.3) is 0 Å². The molecule has 0 aromatic heterocycles. The third kappa shape index (κ3) is 4.61. The Morgan fingerprint density at radius 2 is 1.73 bits per heavy atom. The fourth-order valence-electron chi connectivity index (χ4n) is 4.37. The highest BCUT2D eigenvalue weighted by atomic mass is 19.4. The van der Waals surface area contributed by atoms with Crippen molar-refractivity contribution in [1.29, 1.82) is 0 Å². The summed E-state index contributed by atoms with van der Waals surface area (Å²) in [4.78, 5) is 65.7. The zero-order valence-electron chi connectivity index (χ0n) is 17.5. The van der Waals surface area contributed by atoms with Crippen molar-refractivity contribution < 1.29 is 37.1 Å². The minimum atomic E-state index is -4.32. The first-order valence-electron chi connectivity index (χ1n) is 10.5. The molecule has 1 aromatic carbocycles. The van der Waals surface area contributed by atoms with Gasteiger partial charge >= 0.3 is 6.18 Å². The molecule has 0 aliphatic carbocycles. The van der Waals surface area contributed by atoms with Crippen molar-refractivity contribution in [3.05, 3.63) is 34.9 Å². The molecule has 0 radical (unpaired) electrons. The maximum atomic E-state index is 13.0. The van der Waals surface area contributed by atoms with Crippen LogP contribution in [-0.2, 0) is 9.59 Å². The summed E-state index contributed by atoms with van der Waals surface area (Å²) in [6.45, 7) is -0.403. The Bertz CT molecular complexity index is 1040. The Hall–Kier alpha value is -3.28. The summed E-state index contributed by atoms with van der Waals surface area (Å²) in [5, 5.41) is 2.11. The quantitative estimate of drug-likeness (QED) is 0.661. The van der Waals surface area contributed by atoms with Crippen molar-refractivity contribution in [2.24, 2.45) is 0 Å². The minimum Gasteiger partial charge on any atom is -0.337 e. The largest absolute Gasteiger partial charge is 0.401 e. The summed E-state index contributed by atoms with van der Waals surface area (Å²) < 4.78 is 38.0. The lowest BCUT2D eigenvalue weighted by Gasteiger charge is -2.27. The van der Waals surface area contributed by atoms with E-state index in [0.29, 0.717) is 6.42 Å². The normalized spacial score (nSPS) is 22.3. The lowest BCUT2D eigenvalue weighted by atomic mass is 10.0. The molecule has 0 bridgehead atoms. The molecule has 0 spiro atoms. The van der Waals surface area contributed by atoms with Gasteiger partial charge in [-0.1, -0.05) is 0 Å². The van der Waals surface area contributed by atoms with E-state index in [1.54, 1.807) is 0 Å². The Morgan fingerprint density at radius 3 is 2.42 bits per heavy atom. The van der Waals surface area contributed by atoms with Crippen molar-refractivity contribution in [3.8, 4) is 0 Å². The van der Waals surface area contributed by atoms with Crippen LogP contribution in [0.5, 0.6) is 0 Å². The van der Waals surface area contributed by atoms with Gasteiger partial charge in [0.05, 0.1) is 17.7 Å². The zero-order chi connectivity index (χ0) is 23.9. The standard InChI is InChI=1S/C21H21F3N4O5/c22-21(23,24)11-26-6-1-7-27(9-8-26)18(31)12-2-3-13-14(10-12)20(33)28(19(13)32)15-4-5-16(29)25-17(15)30/h2-3,10,15H,1,4-9,11H2,(H,25,29,30). The number of fused-ring (bicyclic) bond motifs is 1. The number of carbonyl (C=O) groups is 5. The van der Waals surface area contributed by atoms with E-state index in [1.165, 1.54) is 28.0 Å². The number of carbonyl (C=O) groups excluding carboxylic acids is 5. The van der Waals surface area contributed by atoms with E-state index >= 15 is 0 Å². The van der Waals surface area contributed by atoms with E-state index in [2.05, 4.69) is 5.32 Å². The number of alkyl halides is 3. The van der Waals surface area contributed by atoms with Crippen LogP contribution in [0.15, 0.2) is 18.2 Å². The Morgan fingerprint density at radius 1 is 1.00 bits per heavy atom. The first-order valence-corrected chi connectivity index (χ1v) is 10.5. The van der Waals surface area contributed by atoms with Crippen LogP contribution in [0, 0.1) is 0 Å². The third-order valence-corrected chi connectivity index (χ3v) is 5.97. The molecule has 9 nitrogen and oxygen atoms in total. The molecule has 5 amide bonds. The number of hydrogen-bond acceptors (Lipinski definition) is 6. The summed E-state index contributed by atoms with van der Waals surface area (Å²) in [7, 11) is 0. The summed E-state index contributed by atoms with van der Waals surface area (Å²) in [5.41, 5.74) is 0.154. The van der Waals surface area contributed by atoms with Crippen LogP contribution in [0.2, 0.25) is 0 Å². The summed E-state index contributed by atoms with van der Waals surface area (Å²) in [5.74, 6) is -3.07. The lowest BCUT2D eigenvalue weighted by Crippen LogP contribution is -2.54. The Balaban J connectivity index is 1.49.